The van der Waals surface area contributed by atoms with Crippen molar-refractivity contribution in [1.82, 2.24) is 0 Å². The highest BCUT2D eigenvalue weighted by atomic mass is 16.1. The van der Waals surface area contributed by atoms with Crippen LogP contribution in [0, 0.1) is 28.6 Å². The Kier molecular flexibility index (Phi) is 2.25. The van der Waals surface area contributed by atoms with Crippen LogP contribution in [0.1, 0.15) is 32.3 Å². The summed E-state index contributed by atoms with van der Waals surface area (Å²) in [6.45, 7) is 8.53. The Balaban J connectivity index is 1.76. The number of allylic oxidation sites excluding steroid dienone is 1. The highest BCUT2D eigenvalue weighted by Crippen LogP contribution is 2.79. The number of carbonyl (C=O) groups excluding carboxylic acids is 1. The van der Waals surface area contributed by atoms with Crippen LogP contribution in [-0.4, -0.2) is 5.78 Å². The molecule has 5 atom stereocenters. The fourth-order valence-corrected chi connectivity index (χ4v) is 5.51. The number of Topliss-reactive ketones (excluding diaryl/α,β-unsaturated/α-hetero) is 1. The zero-order valence-corrected chi connectivity index (χ0v) is 12.4. The minimum Gasteiger partial charge on any atom is -0.298 e. The molecule has 20 heavy (non-hydrogen) atoms. The SMILES string of the molecule is C=C(C)[C@@H]1CC2C3CC1(Cc1ccccc1)C(=O)C23C. The maximum atomic E-state index is 13.1. The van der Waals surface area contributed by atoms with Crippen molar-refractivity contribution in [3.63, 3.8) is 0 Å². The molecule has 0 spiro atoms. The van der Waals surface area contributed by atoms with Crippen LogP contribution in [0.2, 0.25) is 0 Å². The predicted molar refractivity (Wildman–Crippen MR) is 80.2 cm³/mol. The molecule has 4 unspecified atom stereocenters. The van der Waals surface area contributed by atoms with Crippen LogP contribution in [-0.2, 0) is 11.2 Å². The molecule has 104 valence electrons. The van der Waals surface area contributed by atoms with E-state index >= 15 is 0 Å². The minimum absolute atomic E-state index is 0.0146. The Morgan fingerprint density at radius 1 is 1.30 bits per heavy atom. The van der Waals surface area contributed by atoms with Gasteiger partial charge in [0.2, 0.25) is 0 Å². The molecule has 5 rings (SSSR count). The van der Waals surface area contributed by atoms with Crippen molar-refractivity contribution in [3.8, 4) is 0 Å². The van der Waals surface area contributed by atoms with Gasteiger partial charge in [-0.15, -0.1) is 0 Å². The van der Waals surface area contributed by atoms with Gasteiger partial charge in [-0.25, -0.2) is 0 Å². The van der Waals surface area contributed by atoms with Crippen molar-refractivity contribution in [3.05, 3.63) is 48.0 Å². The molecule has 1 nitrogen and oxygen atoms in total. The van der Waals surface area contributed by atoms with E-state index in [0.717, 1.165) is 12.8 Å². The summed E-state index contributed by atoms with van der Waals surface area (Å²) in [7, 11) is 0. The molecule has 1 aromatic rings. The number of fused-ring (bicyclic) bond motifs is 1. The van der Waals surface area contributed by atoms with E-state index in [1.807, 2.05) is 6.07 Å². The second-order valence-corrected chi connectivity index (χ2v) is 7.48. The predicted octanol–water partition coefficient (Wildman–Crippen LogP) is 4.04. The highest BCUT2D eigenvalue weighted by molar-refractivity contribution is 5.98. The third kappa shape index (κ3) is 1.27. The van der Waals surface area contributed by atoms with Crippen molar-refractivity contribution in [2.24, 2.45) is 28.6 Å². The van der Waals surface area contributed by atoms with Gasteiger partial charge in [0.05, 0.1) is 0 Å². The quantitative estimate of drug-likeness (QED) is 0.755. The van der Waals surface area contributed by atoms with E-state index in [2.05, 4.69) is 44.7 Å². The Morgan fingerprint density at radius 2 is 2.00 bits per heavy atom. The van der Waals surface area contributed by atoms with Crippen LogP contribution >= 0.6 is 0 Å². The molecule has 4 aliphatic rings. The lowest BCUT2D eigenvalue weighted by molar-refractivity contribution is -0.137. The summed E-state index contributed by atoms with van der Waals surface area (Å²) in [5, 5.41) is 0. The second-order valence-electron chi connectivity index (χ2n) is 7.48. The Labute approximate surface area is 121 Å². The van der Waals surface area contributed by atoms with Gasteiger partial charge in [0, 0.05) is 10.8 Å². The Bertz CT molecular complexity index is 601. The maximum Gasteiger partial charge on any atom is 0.146 e. The first-order valence-electron chi connectivity index (χ1n) is 7.74. The summed E-state index contributed by atoms with van der Waals surface area (Å²) in [5.41, 5.74) is 2.37. The van der Waals surface area contributed by atoms with Gasteiger partial charge < -0.3 is 0 Å². The molecule has 4 aliphatic carbocycles. The van der Waals surface area contributed by atoms with E-state index in [1.54, 1.807) is 0 Å². The molecule has 0 N–H and O–H groups in total. The third-order valence-electron chi connectivity index (χ3n) is 6.56. The van der Waals surface area contributed by atoms with Crippen LogP contribution < -0.4 is 0 Å². The second kappa shape index (κ2) is 3.63. The highest BCUT2D eigenvalue weighted by Gasteiger charge is 2.80. The third-order valence-corrected chi connectivity index (χ3v) is 6.56. The summed E-state index contributed by atoms with van der Waals surface area (Å²) in [5.74, 6) is 2.25. The molecule has 0 radical (unpaired) electrons. The lowest BCUT2D eigenvalue weighted by atomic mass is 9.57. The van der Waals surface area contributed by atoms with E-state index in [1.165, 1.54) is 17.6 Å². The number of ketones is 1. The van der Waals surface area contributed by atoms with Gasteiger partial charge in [-0.1, -0.05) is 49.4 Å². The molecule has 4 bridgehead atoms. The number of benzene rings is 1. The van der Waals surface area contributed by atoms with Gasteiger partial charge in [0.15, 0.2) is 0 Å². The standard InChI is InChI=1S/C19H22O/c1-12(2)14-9-15-16-11-19(14,17(20)18(15,16)3)10-13-7-5-4-6-8-13/h4-8,14-16H,1,9-11H2,2-3H3/t14-,15?,16?,18?,19?/m0/s1. The molecule has 4 fully saturated rings. The Hall–Kier alpha value is -1.37. The van der Waals surface area contributed by atoms with Crippen molar-refractivity contribution in [2.45, 2.75) is 33.1 Å². The van der Waals surface area contributed by atoms with Gasteiger partial charge >= 0.3 is 0 Å². The summed E-state index contributed by atoms with van der Waals surface area (Å²) in [6.07, 6.45) is 3.19. The first-order valence-corrected chi connectivity index (χ1v) is 7.74. The zero-order chi connectivity index (χ0) is 14.1. The van der Waals surface area contributed by atoms with E-state index in [4.69, 9.17) is 0 Å². The van der Waals surface area contributed by atoms with Crippen molar-refractivity contribution in [2.75, 3.05) is 0 Å². The topological polar surface area (TPSA) is 17.1 Å². The number of rotatable bonds is 3. The van der Waals surface area contributed by atoms with E-state index in [-0.39, 0.29) is 10.8 Å². The van der Waals surface area contributed by atoms with Crippen molar-refractivity contribution >= 4 is 5.78 Å². The van der Waals surface area contributed by atoms with Crippen molar-refractivity contribution in [1.29, 1.82) is 0 Å². The van der Waals surface area contributed by atoms with Gasteiger partial charge in [-0.3, -0.25) is 4.79 Å². The van der Waals surface area contributed by atoms with E-state index in [0.29, 0.717) is 23.5 Å². The largest absolute Gasteiger partial charge is 0.298 e. The van der Waals surface area contributed by atoms with Crippen LogP contribution in [0.25, 0.3) is 0 Å². The molecule has 1 heteroatoms. The summed E-state index contributed by atoms with van der Waals surface area (Å²) in [4.78, 5) is 13.1. The normalized spacial score (nSPS) is 44.5. The van der Waals surface area contributed by atoms with E-state index < -0.39 is 0 Å². The summed E-state index contributed by atoms with van der Waals surface area (Å²) < 4.78 is 0. The van der Waals surface area contributed by atoms with Gasteiger partial charge in [0.1, 0.15) is 5.78 Å². The zero-order valence-electron chi connectivity index (χ0n) is 12.4. The summed E-state index contributed by atoms with van der Waals surface area (Å²) in [6, 6.07) is 10.5. The number of hydrogen-bond acceptors (Lipinski definition) is 1. The van der Waals surface area contributed by atoms with Gasteiger partial charge in [-0.2, -0.15) is 0 Å². The molecular formula is C19H22O. The summed E-state index contributed by atoms with van der Waals surface area (Å²) >= 11 is 0. The van der Waals surface area contributed by atoms with E-state index in [9.17, 15) is 4.79 Å². The van der Waals surface area contributed by atoms with Crippen molar-refractivity contribution < 1.29 is 4.79 Å². The van der Waals surface area contributed by atoms with Gasteiger partial charge in [0.25, 0.3) is 0 Å². The lowest BCUT2D eigenvalue weighted by Gasteiger charge is -2.45. The smallest absolute Gasteiger partial charge is 0.146 e. The van der Waals surface area contributed by atoms with Crippen LogP contribution in [0.15, 0.2) is 42.5 Å². The molecule has 4 saturated carbocycles. The average Bonchev–Trinajstić information content (AvgIpc) is 2.96. The van der Waals surface area contributed by atoms with Crippen LogP contribution in [0.4, 0.5) is 0 Å². The number of hydrogen-bond donors (Lipinski definition) is 0. The first kappa shape index (κ1) is 12.4. The van der Waals surface area contributed by atoms with Crippen LogP contribution in [0.3, 0.4) is 0 Å². The minimum atomic E-state index is -0.151. The molecule has 0 aromatic heterocycles. The molecule has 0 saturated heterocycles. The maximum absolute atomic E-state index is 13.1. The van der Waals surface area contributed by atoms with Crippen LogP contribution in [0.5, 0.6) is 0 Å². The average molecular weight is 266 g/mol. The molecule has 0 amide bonds. The Morgan fingerprint density at radius 3 is 2.55 bits per heavy atom. The fraction of sp³-hybridized carbons (Fsp3) is 0.526. The first-order chi connectivity index (χ1) is 9.50. The number of carbonyl (C=O) groups is 1. The molecular weight excluding hydrogens is 244 g/mol. The molecule has 0 heterocycles. The molecule has 0 aliphatic heterocycles. The molecule has 1 aromatic carbocycles. The van der Waals surface area contributed by atoms with Gasteiger partial charge in [-0.05, 0) is 49.5 Å². The fourth-order valence-electron chi connectivity index (χ4n) is 5.51. The lowest BCUT2D eigenvalue weighted by Crippen LogP contribution is -2.47. The monoisotopic (exact) mass is 266 g/mol.